The highest BCUT2D eigenvalue weighted by Crippen LogP contribution is 2.17. The molecule has 0 saturated heterocycles. The average Bonchev–Trinajstić information content (AvgIpc) is 3.36. The van der Waals surface area contributed by atoms with Crippen LogP contribution in [0.4, 0.5) is 5.69 Å². The van der Waals surface area contributed by atoms with E-state index in [1.807, 2.05) is 29.8 Å². The summed E-state index contributed by atoms with van der Waals surface area (Å²) in [6.07, 6.45) is 0. The monoisotopic (exact) mass is 413 g/mol. The normalized spacial score (nSPS) is 10.8. The third-order valence-corrected chi connectivity index (χ3v) is 5.75. The molecule has 2 amide bonds. The number of nitrogens with zero attached hydrogens (tertiary/aromatic N) is 1. The highest BCUT2D eigenvalue weighted by atomic mass is 32.1. The number of benzene rings is 1. The van der Waals surface area contributed by atoms with Gasteiger partial charge in [0.15, 0.2) is 0 Å². The van der Waals surface area contributed by atoms with E-state index in [1.165, 1.54) is 9.75 Å². The first-order valence-electron chi connectivity index (χ1n) is 9.09. The van der Waals surface area contributed by atoms with Gasteiger partial charge in [0.25, 0.3) is 5.91 Å². The smallest absolute Gasteiger partial charge is 0.251 e. The fraction of sp³-hybridized carbons (Fsp3) is 0.238. The van der Waals surface area contributed by atoms with Gasteiger partial charge in [0.1, 0.15) is 0 Å². The van der Waals surface area contributed by atoms with E-state index in [1.54, 1.807) is 46.9 Å². The molecule has 2 N–H and O–H groups in total. The van der Waals surface area contributed by atoms with Gasteiger partial charge in [0.2, 0.25) is 5.91 Å². The maximum atomic E-state index is 12.6. The van der Waals surface area contributed by atoms with E-state index >= 15 is 0 Å². The molecular formula is C21H23N3O2S2. The van der Waals surface area contributed by atoms with Crippen molar-refractivity contribution >= 4 is 40.2 Å². The predicted octanol–water partition coefficient (Wildman–Crippen LogP) is 4.20. The van der Waals surface area contributed by atoms with E-state index in [0.717, 1.165) is 13.1 Å². The van der Waals surface area contributed by atoms with Gasteiger partial charge in [-0.05, 0) is 48.0 Å². The molecule has 28 heavy (non-hydrogen) atoms. The van der Waals surface area contributed by atoms with Gasteiger partial charge >= 0.3 is 0 Å². The summed E-state index contributed by atoms with van der Waals surface area (Å²) in [6, 6.07) is 15.2. The minimum Gasteiger partial charge on any atom is -0.352 e. The van der Waals surface area contributed by atoms with Gasteiger partial charge in [-0.1, -0.05) is 18.2 Å². The topological polar surface area (TPSA) is 61.4 Å². The largest absolute Gasteiger partial charge is 0.352 e. The minimum atomic E-state index is -0.143. The van der Waals surface area contributed by atoms with E-state index in [-0.39, 0.29) is 18.4 Å². The standard InChI is InChI=1S/C21H23N3O2S2/c1-2-22-21(26)16-6-3-7-17(12-16)23-20(25)15-24(13-18-8-4-10-27-18)14-19-9-5-11-28-19/h3-12H,2,13-15H2,1H3,(H,22,26)(H,23,25). The molecule has 3 rings (SSSR count). The SMILES string of the molecule is CCNC(=O)c1cccc(NC(=O)CN(Cc2cccs2)Cc2cccs2)c1. The van der Waals surface area contributed by atoms with Crippen molar-refractivity contribution in [2.75, 3.05) is 18.4 Å². The molecule has 0 saturated carbocycles. The van der Waals surface area contributed by atoms with E-state index in [0.29, 0.717) is 17.8 Å². The molecule has 0 bridgehead atoms. The molecule has 0 atom stereocenters. The molecule has 146 valence electrons. The average molecular weight is 414 g/mol. The van der Waals surface area contributed by atoms with Gasteiger partial charge in [-0.15, -0.1) is 22.7 Å². The second-order valence-electron chi connectivity index (χ2n) is 6.29. The van der Waals surface area contributed by atoms with Gasteiger partial charge in [-0.3, -0.25) is 14.5 Å². The van der Waals surface area contributed by atoms with Crippen LogP contribution in [0, 0.1) is 0 Å². The molecule has 0 aliphatic heterocycles. The molecule has 0 aliphatic carbocycles. The number of carbonyl (C=O) groups is 2. The number of amides is 2. The summed E-state index contributed by atoms with van der Waals surface area (Å²) in [6.45, 7) is 4.17. The Morgan fingerprint density at radius 3 is 2.21 bits per heavy atom. The molecule has 0 radical (unpaired) electrons. The first kappa shape index (κ1) is 20.3. The molecule has 0 fully saturated rings. The maximum Gasteiger partial charge on any atom is 0.251 e. The summed E-state index contributed by atoms with van der Waals surface area (Å²) in [5.74, 6) is -0.239. The van der Waals surface area contributed by atoms with Crippen LogP contribution in [0.25, 0.3) is 0 Å². The van der Waals surface area contributed by atoms with Crippen molar-refractivity contribution in [2.45, 2.75) is 20.0 Å². The number of anilines is 1. The van der Waals surface area contributed by atoms with Crippen LogP contribution in [0.15, 0.2) is 59.3 Å². The van der Waals surface area contributed by atoms with Crippen molar-refractivity contribution in [3.8, 4) is 0 Å². The minimum absolute atomic E-state index is 0.0961. The Kier molecular flexibility index (Phi) is 7.36. The zero-order chi connectivity index (χ0) is 19.8. The maximum absolute atomic E-state index is 12.6. The molecule has 0 spiro atoms. The Balaban J connectivity index is 1.64. The summed E-state index contributed by atoms with van der Waals surface area (Å²) in [5, 5.41) is 9.78. The molecule has 5 nitrogen and oxygen atoms in total. The van der Waals surface area contributed by atoms with Crippen molar-refractivity contribution in [3.63, 3.8) is 0 Å². The van der Waals surface area contributed by atoms with Crippen molar-refractivity contribution in [1.82, 2.24) is 10.2 Å². The lowest BCUT2D eigenvalue weighted by Gasteiger charge is -2.20. The summed E-state index contributed by atoms with van der Waals surface area (Å²) in [5.41, 5.74) is 1.16. The number of nitrogens with one attached hydrogen (secondary N) is 2. The van der Waals surface area contributed by atoms with Gasteiger partial charge in [-0.25, -0.2) is 0 Å². The lowest BCUT2D eigenvalue weighted by molar-refractivity contribution is -0.117. The summed E-state index contributed by atoms with van der Waals surface area (Å²) >= 11 is 3.38. The van der Waals surface area contributed by atoms with Crippen molar-refractivity contribution in [1.29, 1.82) is 0 Å². The Labute approximate surface area is 173 Å². The van der Waals surface area contributed by atoms with Crippen LogP contribution in [-0.2, 0) is 17.9 Å². The molecular weight excluding hydrogens is 390 g/mol. The molecule has 1 aromatic carbocycles. The fourth-order valence-corrected chi connectivity index (χ4v) is 4.31. The van der Waals surface area contributed by atoms with Crippen LogP contribution in [0.1, 0.15) is 27.0 Å². The third-order valence-electron chi connectivity index (χ3n) is 4.03. The van der Waals surface area contributed by atoms with Crippen LogP contribution in [0.2, 0.25) is 0 Å². The Morgan fingerprint density at radius 2 is 1.64 bits per heavy atom. The summed E-state index contributed by atoms with van der Waals surface area (Å²) in [7, 11) is 0. The van der Waals surface area contributed by atoms with E-state index in [9.17, 15) is 9.59 Å². The highest BCUT2D eigenvalue weighted by molar-refractivity contribution is 7.10. The van der Waals surface area contributed by atoms with Crippen molar-refractivity contribution in [3.05, 3.63) is 74.6 Å². The lowest BCUT2D eigenvalue weighted by Crippen LogP contribution is -2.32. The van der Waals surface area contributed by atoms with Crippen molar-refractivity contribution in [2.24, 2.45) is 0 Å². The van der Waals surface area contributed by atoms with Crippen LogP contribution in [0.5, 0.6) is 0 Å². The second-order valence-corrected chi connectivity index (χ2v) is 8.36. The summed E-state index contributed by atoms with van der Waals surface area (Å²) in [4.78, 5) is 29.2. The molecule has 7 heteroatoms. The van der Waals surface area contributed by atoms with Crippen LogP contribution >= 0.6 is 22.7 Å². The quantitative estimate of drug-likeness (QED) is 0.553. The molecule has 2 heterocycles. The molecule has 2 aromatic heterocycles. The molecule has 3 aromatic rings. The van der Waals surface area contributed by atoms with Gasteiger partial charge in [-0.2, -0.15) is 0 Å². The van der Waals surface area contributed by atoms with E-state index in [4.69, 9.17) is 0 Å². The van der Waals surface area contributed by atoms with Crippen LogP contribution in [0.3, 0.4) is 0 Å². The number of rotatable bonds is 9. The van der Waals surface area contributed by atoms with Gasteiger partial charge in [0, 0.05) is 40.6 Å². The lowest BCUT2D eigenvalue weighted by atomic mass is 10.2. The first-order valence-corrected chi connectivity index (χ1v) is 10.8. The number of carbonyl (C=O) groups excluding carboxylic acids is 2. The Bertz CT molecular complexity index is 856. The Morgan fingerprint density at radius 1 is 0.964 bits per heavy atom. The number of hydrogen-bond acceptors (Lipinski definition) is 5. The van der Waals surface area contributed by atoms with Gasteiger partial charge in [0.05, 0.1) is 6.54 Å². The van der Waals surface area contributed by atoms with E-state index < -0.39 is 0 Å². The van der Waals surface area contributed by atoms with E-state index in [2.05, 4.69) is 27.7 Å². The molecule has 0 unspecified atom stereocenters. The summed E-state index contributed by atoms with van der Waals surface area (Å²) < 4.78 is 0. The van der Waals surface area contributed by atoms with Gasteiger partial charge < -0.3 is 10.6 Å². The Hall–Kier alpha value is -2.48. The second kappa shape index (κ2) is 10.2. The first-order chi connectivity index (χ1) is 13.6. The third kappa shape index (κ3) is 6.02. The predicted molar refractivity (Wildman–Crippen MR) is 116 cm³/mol. The van der Waals surface area contributed by atoms with Crippen LogP contribution in [-0.4, -0.2) is 29.8 Å². The fourth-order valence-electron chi connectivity index (χ4n) is 2.82. The number of thiophene rings is 2. The molecule has 0 aliphatic rings. The highest BCUT2D eigenvalue weighted by Gasteiger charge is 2.14. The zero-order valence-electron chi connectivity index (χ0n) is 15.7. The van der Waals surface area contributed by atoms with Crippen molar-refractivity contribution < 1.29 is 9.59 Å². The zero-order valence-corrected chi connectivity index (χ0v) is 17.3. The number of hydrogen-bond donors (Lipinski definition) is 2. The van der Waals surface area contributed by atoms with Crippen LogP contribution < -0.4 is 10.6 Å².